The largest absolute Gasteiger partial charge is 0.379 e. The van der Waals surface area contributed by atoms with Crippen molar-refractivity contribution >= 4 is 51.7 Å². The molecule has 2 N–H and O–H groups in total. The molecule has 0 radical (unpaired) electrons. The average Bonchev–Trinajstić information content (AvgIpc) is 2.71. The molecule has 0 aliphatic carbocycles. The molecule has 1 aromatic rings. The summed E-state index contributed by atoms with van der Waals surface area (Å²) in [5, 5.41) is 6.64. The topological polar surface area (TPSA) is 83.0 Å². The minimum Gasteiger partial charge on any atom is -0.379 e. The van der Waals surface area contributed by atoms with Crippen LogP contribution in [0.25, 0.3) is 0 Å². The van der Waals surface area contributed by atoms with Crippen molar-refractivity contribution in [1.29, 1.82) is 0 Å². The standard InChI is InChI=1S/C20H34N4O3S2.HI/c1-5-21-19(23-16-20(2,3)28-4)22-14-17-8-6-7-9-18(17)15-29(25,26)24-10-12-27-13-11-24;/h6-9H,5,10-16H2,1-4H3,(H2,21,22,23);1H. The van der Waals surface area contributed by atoms with Crippen molar-refractivity contribution < 1.29 is 13.2 Å². The summed E-state index contributed by atoms with van der Waals surface area (Å²) < 4.78 is 32.5. The first-order valence-electron chi connectivity index (χ1n) is 9.97. The Hall–Kier alpha value is -0.560. The van der Waals surface area contributed by atoms with Crippen molar-refractivity contribution in [1.82, 2.24) is 14.9 Å². The molecule has 1 aromatic carbocycles. The summed E-state index contributed by atoms with van der Waals surface area (Å²) in [6, 6.07) is 7.62. The third kappa shape index (κ3) is 8.89. The first-order valence-corrected chi connectivity index (χ1v) is 12.8. The molecule has 172 valence electrons. The van der Waals surface area contributed by atoms with Crippen molar-refractivity contribution in [3.63, 3.8) is 0 Å². The lowest BCUT2D eigenvalue weighted by Gasteiger charge is -2.26. The minimum absolute atomic E-state index is 0. The van der Waals surface area contributed by atoms with Gasteiger partial charge in [-0.1, -0.05) is 24.3 Å². The Labute approximate surface area is 202 Å². The van der Waals surface area contributed by atoms with E-state index in [4.69, 9.17) is 4.74 Å². The maximum absolute atomic E-state index is 12.8. The second-order valence-corrected chi connectivity index (χ2v) is 11.0. The van der Waals surface area contributed by atoms with Gasteiger partial charge in [-0.3, -0.25) is 0 Å². The molecule has 0 aromatic heterocycles. The zero-order valence-corrected chi connectivity index (χ0v) is 22.3. The quantitative estimate of drug-likeness (QED) is 0.270. The summed E-state index contributed by atoms with van der Waals surface area (Å²) in [6.45, 7) is 10.1. The van der Waals surface area contributed by atoms with Gasteiger partial charge < -0.3 is 15.4 Å². The van der Waals surface area contributed by atoms with Gasteiger partial charge in [-0.25, -0.2) is 13.4 Å². The minimum atomic E-state index is -3.37. The Morgan fingerprint density at radius 3 is 2.43 bits per heavy atom. The maximum atomic E-state index is 12.8. The van der Waals surface area contributed by atoms with Crippen LogP contribution < -0.4 is 10.6 Å². The van der Waals surface area contributed by atoms with E-state index in [1.54, 1.807) is 11.8 Å². The maximum Gasteiger partial charge on any atom is 0.218 e. The van der Waals surface area contributed by atoms with Crippen LogP contribution in [0.15, 0.2) is 29.3 Å². The third-order valence-electron chi connectivity index (χ3n) is 4.81. The Balaban J connectivity index is 0.00000450. The molecule has 0 saturated carbocycles. The van der Waals surface area contributed by atoms with E-state index >= 15 is 0 Å². The van der Waals surface area contributed by atoms with E-state index < -0.39 is 10.0 Å². The van der Waals surface area contributed by atoms with Gasteiger partial charge in [-0.2, -0.15) is 16.1 Å². The molecule has 0 amide bonds. The van der Waals surface area contributed by atoms with Crippen molar-refractivity contribution in [3.8, 4) is 0 Å². The first kappa shape index (κ1) is 27.5. The predicted molar refractivity (Wildman–Crippen MR) is 137 cm³/mol. The number of sulfonamides is 1. The highest BCUT2D eigenvalue weighted by atomic mass is 127. The second-order valence-electron chi connectivity index (χ2n) is 7.55. The summed E-state index contributed by atoms with van der Waals surface area (Å²) in [7, 11) is -3.37. The highest BCUT2D eigenvalue weighted by molar-refractivity contribution is 14.0. The number of nitrogens with one attached hydrogen (secondary N) is 2. The number of rotatable bonds is 9. The normalized spacial score (nSPS) is 16.1. The molecule has 0 atom stereocenters. The molecule has 1 heterocycles. The SMILES string of the molecule is CCNC(=NCc1ccccc1CS(=O)(=O)N1CCOCC1)NCC(C)(C)SC.I. The molecule has 7 nitrogen and oxygen atoms in total. The Morgan fingerprint density at radius 2 is 1.83 bits per heavy atom. The molecule has 0 unspecified atom stereocenters. The van der Waals surface area contributed by atoms with Crippen molar-refractivity contribution in [2.75, 3.05) is 45.6 Å². The molecule has 30 heavy (non-hydrogen) atoms. The highest BCUT2D eigenvalue weighted by Gasteiger charge is 2.25. The van der Waals surface area contributed by atoms with Gasteiger partial charge in [0.2, 0.25) is 10.0 Å². The second kappa shape index (κ2) is 13.1. The summed E-state index contributed by atoms with van der Waals surface area (Å²) in [5.41, 5.74) is 1.72. The van der Waals surface area contributed by atoms with Gasteiger partial charge in [0.15, 0.2) is 5.96 Å². The molecular weight excluding hydrogens is 535 g/mol. The monoisotopic (exact) mass is 570 g/mol. The fourth-order valence-corrected chi connectivity index (χ4v) is 4.62. The molecule has 0 spiro atoms. The van der Waals surface area contributed by atoms with Crippen molar-refractivity contribution in [2.24, 2.45) is 4.99 Å². The summed E-state index contributed by atoms with van der Waals surface area (Å²) in [5.74, 6) is 0.725. The Morgan fingerprint density at radius 1 is 1.20 bits per heavy atom. The Kier molecular flexibility index (Phi) is 12.0. The number of ether oxygens (including phenoxy) is 1. The molecule has 1 saturated heterocycles. The number of guanidine groups is 1. The number of hydrogen-bond donors (Lipinski definition) is 2. The summed E-state index contributed by atoms with van der Waals surface area (Å²) in [6.07, 6.45) is 2.09. The highest BCUT2D eigenvalue weighted by Crippen LogP contribution is 2.20. The van der Waals surface area contributed by atoms with E-state index in [9.17, 15) is 8.42 Å². The van der Waals surface area contributed by atoms with Gasteiger partial charge in [0.05, 0.1) is 25.5 Å². The van der Waals surface area contributed by atoms with Crippen LogP contribution in [0.2, 0.25) is 0 Å². The van der Waals surface area contributed by atoms with E-state index in [0.29, 0.717) is 32.8 Å². The van der Waals surface area contributed by atoms with Gasteiger partial charge in [0.25, 0.3) is 0 Å². The number of aliphatic imine (C=N–C) groups is 1. The van der Waals surface area contributed by atoms with Gasteiger partial charge in [-0.15, -0.1) is 24.0 Å². The number of hydrogen-bond acceptors (Lipinski definition) is 5. The lowest BCUT2D eigenvalue weighted by Crippen LogP contribution is -2.43. The number of benzene rings is 1. The molecule has 1 aliphatic rings. The number of morpholine rings is 1. The van der Waals surface area contributed by atoms with Crippen LogP contribution in [-0.2, 0) is 27.1 Å². The van der Waals surface area contributed by atoms with Crippen LogP contribution in [0.4, 0.5) is 0 Å². The molecule has 10 heteroatoms. The number of nitrogens with zero attached hydrogens (tertiary/aromatic N) is 2. The summed E-state index contributed by atoms with van der Waals surface area (Å²) >= 11 is 1.80. The van der Waals surface area contributed by atoms with Gasteiger partial charge in [0.1, 0.15) is 0 Å². The fraction of sp³-hybridized carbons (Fsp3) is 0.650. The van der Waals surface area contributed by atoms with Crippen LogP contribution in [0.5, 0.6) is 0 Å². The Bertz CT molecular complexity index is 782. The van der Waals surface area contributed by atoms with Crippen LogP contribution in [0, 0.1) is 0 Å². The van der Waals surface area contributed by atoms with Crippen molar-refractivity contribution in [2.45, 2.75) is 37.8 Å². The van der Waals surface area contributed by atoms with Gasteiger partial charge in [-0.05, 0) is 38.2 Å². The molecular formula is C20H35IN4O3S2. The van der Waals surface area contributed by atoms with Crippen molar-refractivity contribution in [3.05, 3.63) is 35.4 Å². The third-order valence-corrected chi connectivity index (χ3v) is 7.88. The zero-order valence-electron chi connectivity index (χ0n) is 18.3. The van der Waals surface area contributed by atoms with Crippen LogP contribution >= 0.6 is 35.7 Å². The van der Waals surface area contributed by atoms with E-state index in [2.05, 4.69) is 35.7 Å². The lowest BCUT2D eigenvalue weighted by molar-refractivity contribution is 0.0729. The average molecular weight is 571 g/mol. The zero-order chi connectivity index (χ0) is 21.3. The number of thioether (sulfide) groups is 1. The van der Waals surface area contributed by atoms with E-state index in [1.807, 2.05) is 31.2 Å². The molecule has 2 rings (SSSR count). The van der Waals surface area contributed by atoms with E-state index in [0.717, 1.165) is 30.2 Å². The first-order chi connectivity index (χ1) is 13.8. The van der Waals surface area contributed by atoms with Gasteiger partial charge in [0, 0.05) is 30.9 Å². The van der Waals surface area contributed by atoms with Crippen LogP contribution in [-0.4, -0.2) is 69.1 Å². The van der Waals surface area contributed by atoms with Crippen LogP contribution in [0.1, 0.15) is 31.9 Å². The fourth-order valence-electron chi connectivity index (χ4n) is 2.84. The number of halogens is 1. The van der Waals surface area contributed by atoms with Crippen LogP contribution in [0.3, 0.4) is 0 Å². The molecule has 0 bridgehead atoms. The van der Waals surface area contributed by atoms with E-state index in [-0.39, 0.29) is 34.5 Å². The molecule has 1 fully saturated rings. The smallest absolute Gasteiger partial charge is 0.218 e. The lowest BCUT2D eigenvalue weighted by atomic mass is 10.1. The summed E-state index contributed by atoms with van der Waals surface area (Å²) in [4.78, 5) is 4.68. The van der Waals surface area contributed by atoms with Gasteiger partial charge >= 0.3 is 0 Å². The predicted octanol–water partition coefficient (Wildman–Crippen LogP) is 2.66. The van der Waals surface area contributed by atoms with E-state index in [1.165, 1.54) is 4.31 Å². The molecule has 1 aliphatic heterocycles.